The van der Waals surface area contributed by atoms with Gasteiger partial charge in [0.2, 0.25) is 0 Å². The molecule has 3 aromatic rings. The summed E-state index contributed by atoms with van der Waals surface area (Å²) in [6, 6.07) is 6.22. The van der Waals surface area contributed by atoms with Gasteiger partial charge < -0.3 is 4.74 Å². The number of rotatable bonds is 8. The van der Waals surface area contributed by atoms with Crippen LogP contribution in [0.25, 0.3) is 11.1 Å². The third-order valence-corrected chi connectivity index (χ3v) is 6.45. The van der Waals surface area contributed by atoms with Crippen molar-refractivity contribution in [2.45, 2.75) is 58.4 Å². The Labute approximate surface area is 218 Å². The minimum Gasteiger partial charge on any atom is -0.429 e. The maximum atomic E-state index is 14.8. The van der Waals surface area contributed by atoms with Crippen LogP contribution < -0.4 is 4.74 Å². The molecule has 38 heavy (non-hydrogen) atoms. The average molecular weight is 553 g/mol. The van der Waals surface area contributed by atoms with Crippen molar-refractivity contribution in [3.05, 3.63) is 88.2 Å². The second-order valence-corrected chi connectivity index (χ2v) is 14.7. The Hall–Kier alpha value is -3.25. The van der Waals surface area contributed by atoms with Crippen LogP contribution in [0, 0.1) is 40.6 Å². The molecule has 0 amide bonds. The minimum atomic E-state index is -4.64. The summed E-state index contributed by atoms with van der Waals surface area (Å²) in [7, 11) is -1.99. The molecule has 0 unspecified atom stereocenters. The van der Waals surface area contributed by atoms with Crippen LogP contribution in [0.15, 0.2) is 42.5 Å². The van der Waals surface area contributed by atoms with Crippen LogP contribution in [0.5, 0.6) is 5.75 Å². The van der Waals surface area contributed by atoms with Crippen LogP contribution in [0.1, 0.15) is 42.9 Å². The van der Waals surface area contributed by atoms with E-state index in [1.807, 2.05) is 26.6 Å². The minimum absolute atomic E-state index is 0.169. The molecule has 0 fully saturated rings. The molecule has 202 valence electrons. The SMILES string of the molecule is CCCCCc1ccc(-c2cc(F)c(C(F)(F)Oc3cc(F)c(C#C[Si](C)(C)C)c(F)c3)c(F)c2)c(F)c1. The number of alkyl halides is 2. The van der Waals surface area contributed by atoms with Crippen LogP contribution in [0.4, 0.5) is 30.7 Å². The summed E-state index contributed by atoms with van der Waals surface area (Å²) in [4.78, 5) is 0. The number of halogens is 7. The van der Waals surface area contributed by atoms with Crippen LogP contribution in [-0.4, -0.2) is 8.07 Å². The van der Waals surface area contributed by atoms with Gasteiger partial charge in [-0.3, -0.25) is 0 Å². The standard InChI is InChI=1S/C29H27F7OSi/c1-5-6-7-8-18-9-10-21(23(30)13-18)19-14-26(33)28(27(34)15-19)29(35,36)37-20-16-24(31)22(25(32)17-20)11-12-38(2,3)4/h9-10,13-17H,5-8H2,1-4H3. The molecule has 0 aromatic heterocycles. The van der Waals surface area contributed by atoms with E-state index in [2.05, 4.69) is 16.2 Å². The summed E-state index contributed by atoms with van der Waals surface area (Å²) in [5.74, 6) is -5.31. The molecule has 0 saturated carbocycles. The summed E-state index contributed by atoms with van der Waals surface area (Å²) < 4.78 is 107. The zero-order valence-corrected chi connectivity index (χ0v) is 22.4. The highest BCUT2D eigenvalue weighted by molar-refractivity contribution is 6.83. The van der Waals surface area contributed by atoms with E-state index in [1.165, 1.54) is 12.1 Å². The van der Waals surface area contributed by atoms with Crippen molar-refractivity contribution in [2.24, 2.45) is 0 Å². The van der Waals surface area contributed by atoms with E-state index < -0.39 is 60.1 Å². The molecule has 0 aliphatic rings. The van der Waals surface area contributed by atoms with Gasteiger partial charge in [-0.25, -0.2) is 22.0 Å². The summed E-state index contributed by atoms with van der Waals surface area (Å²) in [5.41, 5.74) is 0.602. The first-order chi connectivity index (χ1) is 17.7. The Kier molecular flexibility index (Phi) is 8.98. The lowest BCUT2D eigenvalue weighted by Crippen LogP contribution is -2.25. The predicted octanol–water partition coefficient (Wildman–Crippen LogP) is 9.14. The number of hydrogen-bond donors (Lipinski definition) is 0. The first-order valence-corrected chi connectivity index (χ1v) is 15.6. The Morgan fingerprint density at radius 1 is 0.789 bits per heavy atom. The van der Waals surface area contributed by atoms with Gasteiger partial charge in [-0.05, 0) is 42.2 Å². The third kappa shape index (κ3) is 7.19. The monoisotopic (exact) mass is 552 g/mol. The Balaban J connectivity index is 1.90. The quantitative estimate of drug-likeness (QED) is 0.117. The molecule has 0 saturated heterocycles. The highest BCUT2D eigenvalue weighted by atomic mass is 28.3. The molecule has 0 N–H and O–H groups in total. The first-order valence-electron chi connectivity index (χ1n) is 12.1. The average Bonchev–Trinajstić information content (AvgIpc) is 2.77. The maximum absolute atomic E-state index is 14.8. The Morgan fingerprint density at radius 3 is 1.92 bits per heavy atom. The summed E-state index contributed by atoms with van der Waals surface area (Å²) in [5, 5.41) is 0. The lowest BCUT2D eigenvalue weighted by atomic mass is 9.99. The van der Waals surface area contributed by atoms with E-state index in [0.29, 0.717) is 36.2 Å². The summed E-state index contributed by atoms with van der Waals surface area (Å²) >= 11 is 0. The second kappa shape index (κ2) is 11.6. The van der Waals surface area contributed by atoms with Crippen molar-refractivity contribution in [3.8, 4) is 28.3 Å². The van der Waals surface area contributed by atoms with Crippen LogP contribution in [0.2, 0.25) is 19.6 Å². The molecule has 0 heterocycles. The van der Waals surface area contributed by atoms with Gasteiger partial charge in [0.25, 0.3) is 0 Å². The lowest BCUT2D eigenvalue weighted by Gasteiger charge is -2.20. The van der Waals surface area contributed by atoms with Crippen molar-refractivity contribution >= 4 is 8.07 Å². The van der Waals surface area contributed by atoms with Gasteiger partial charge in [0.15, 0.2) is 0 Å². The van der Waals surface area contributed by atoms with Crippen molar-refractivity contribution in [1.29, 1.82) is 0 Å². The molecule has 1 nitrogen and oxygen atoms in total. The van der Waals surface area contributed by atoms with E-state index in [-0.39, 0.29) is 11.1 Å². The molecular formula is C29H27F7OSi. The second-order valence-electron chi connectivity index (χ2n) is 9.97. The fraction of sp³-hybridized carbons (Fsp3) is 0.310. The normalized spacial score (nSPS) is 11.8. The number of aryl methyl sites for hydroxylation is 1. The van der Waals surface area contributed by atoms with Crippen molar-refractivity contribution < 1.29 is 35.5 Å². The van der Waals surface area contributed by atoms with Gasteiger partial charge in [0, 0.05) is 17.7 Å². The molecule has 0 aliphatic heterocycles. The first kappa shape index (κ1) is 29.3. The van der Waals surface area contributed by atoms with Gasteiger partial charge in [-0.2, -0.15) is 8.78 Å². The highest BCUT2D eigenvalue weighted by Crippen LogP contribution is 2.38. The predicted molar refractivity (Wildman–Crippen MR) is 136 cm³/mol. The number of hydrogen-bond acceptors (Lipinski definition) is 1. The van der Waals surface area contributed by atoms with Gasteiger partial charge in [0.1, 0.15) is 48.5 Å². The number of ether oxygens (including phenoxy) is 1. The lowest BCUT2D eigenvalue weighted by molar-refractivity contribution is -0.189. The van der Waals surface area contributed by atoms with E-state index in [0.717, 1.165) is 19.3 Å². The molecule has 0 atom stereocenters. The van der Waals surface area contributed by atoms with Gasteiger partial charge in [-0.1, -0.05) is 57.5 Å². The van der Waals surface area contributed by atoms with E-state index in [9.17, 15) is 30.7 Å². The summed E-state index contributed by atoms with van der Waals surface area (Å²) in [6.45, 7) is 7.57. The molecule has 9 heteroatoms. The molecule has 0 bridgehead atoms. The smallest absolute Gasteiger partial charge is 0.429 e. The topological polar surface area (TPSA) is 9.23 Å². The Morgan fingerprint density at radius 2 is 1.39 bits per heavy atom. The summed E-state index contributed by atoms with van der Waals surface area (Å²) in [6.07, 6.45) is -1.21. The van der Waals surface area contributed by atoms with Crippen molar-refractivity contribution in [2.75, 3.05) is 0 Å². The van der Waals surface area contributed by atoms with Crippen LogP contribution >= 0.6 is 0 Å². The van der Waals surface area contributed by atoms with Crippen LogP contribution in [0.3, 0.4) is 0 Å². The van der Waals surface area contributed by atoms with E-state index >= 15 is 0 Å². The van der Waals surface area contributed by atoms with Gasteiger partial charge >= 0.3 is 6.11 Å². The fourth-order valence-corrected chi connectivity index (χ4v) is 4.21. The molecule has 0 spiro atoms. The third-order valence-electron chi connectivity index (χ3n) is 5.57. The molecule has 3 aromatic carbocycles. The van der Waals surface area contributed by atoms with Gasteiger partial charge in [-0.15, -0.1) is 5.54 Å². The number of benzene rings is 3. The van der Waals surface area contributed by atoms with Crippen molar-refractivity contribution in [3.63, 3.8) is 0 Å². The van der Waals surface area contributed by atoms with Gasteiger partial charge in [0.05, 0.1) is 5.56 Å². The molecule has 3 rings (SSSR count). The molecular weight excluding hydrogens is 525 g/mol. The molecule has 0 aliphatic carbocycles. The fourth-order valence-electron chi connectivity index (χ4n) is 3.71. The van der Waals surface area contributed by atoms with Crippen molar-refractivity contribution in [1.82, 2.24) is 0 Å². The van der Waals surface area contributed by atoms with E-state index in [1.54, 1.807) is 6.07 Å². The maximum Gasteiger partial charge on any atom is 0.432 e. The van der Waals surface area contributed by atoms with Crippen LogP contribution in [-0.2, 0) is 12.5 Å². The zero-order chi connectivity index (χ0) is 28.3. The van der Waals surface area contributed by atoms with E-state index in [4.69, 9.17) is 0 Å². The molecule has 0 radical (unpaired) electrons. The number of unbranched alkanes of at least 4 members (excludes halogenated alkanes) is 2. The highest BCUT2D eigenvalue weighted by Gasteiger charge is 2.41. The zero-order valence-electron chi connectivity index (χ0n) is 21.4. The Bertz CT molecular complexity index is 1340. The largest absolute Gasteiger partial charge is 0.432 e.